The molecule has 1 aromatic rings. The lowest BCUT2D eigenvalue weighted by molar-refractivity contribution is -0.147. The van der Waals surface area contributed by atoms with E-state index in [2.05, 4.69) is 0 Å². The van der Waals surface area contributed by atoms with Crippen molar-refractivity contribution in [1.82, 2.24) is 4.90 Å². The summed E-state index contributed by atoms with van der Waals surface area (Å²) in [5.41, 5.74) is 0.877. The van der Waals surface area contributed by atoms with Gasteiger partial charge < -0.3 is 9.64 Å². The Morgan fingerprint density at radius 3 is 2.70 bits per heavy atom. The molecule has 0 unspecified atom stereocenters. The molecule has 1 rings (SSSR count). The largest absolute Gasteiger partial charge is 0.452 e. The molecule has 5 heteroatoms. The zero-order chi connectivity index (χ0) is 14.8. The van der Waals surface area contributed by atoms with Crippen LogP contribution in [0.1, 0.15) is 12.0 Å². The van der Waals surface area contributed by atoms with Crippen molar-refractivity contribution >= 4 is 18.0 Å². The number of carbonyl (C=O) groups excluding carboxylic acids is 2. The highest BCUT2D eigenvalue weighted by Crippen LogP contribution is 2.01. The highest BCUT2D eigenvalue weighted by atomic mass is 16.5. The molecule has 0 bridgehead atoms. The van der Waals surface area contributed by atoms with Crippen LogP contribution in [-0.2, 0) is 14.3 Å². The SMILES string of the molecule is CN(CCC#N)C(=O)COC(=O)/C=C/c1ccccc1. The molecule has 0 aromatic heterocycles. The molecule has 1 amide bonds. The van der Waals surface area contributed by atoms with Gasteiger partial charge in [-0.05, 0) is 11.6 Å². The van der Waals surface area contributed by atoms with Gasteiger partial charge in [0.15, 0.2) is 6.61 Å². The highest BCUT2D eigenvalue weighted by Gasteiger charge is 2.10. The van der Waals surface area contributed by atoms with Crippen molar-refractivity contribution in [1.29, 1.82) is 5.26 Å². The van der Waals surface area contributed by atoms with Crippen molar-refractivity contribution in [2.45, 2.75) is 6.42 Å². The van der Waals surface area contributed by atoms with E-state index in [1.165, 1.54) is 11.0 Å². The van der Waals surface area contributed by atoms with Crippen LogP contribution in [0.2, 0.25) is 0 Å². The fraction of sp³-hybridized carbons (Fsp3) is 0.267. The monoisotopic (exact) mass is 272 g/mol. The average Bonchev–Trinajstić information content (AvgIpc) is 2.49. The van der Waals surface area contributed by atoms with E-state index in [0.29, 0.717) is 6.54 Å². The molecule has 0 N–H and O–H groups in total. The number of esters is 1. The third kappa shape index (κ3) is 5.83. The molecule has 1 aromatic carbocycles. The lowest BCUT2D eigenvalue weighted by atomic mass is 10.2. The molecular formula is C15H16N2O3. The molecule has 0 fully saturated rings. The normalized spacial score (nSPS) is 10.0. The highest BCUT2D eigenvalue weighted by molar-refractivity contribution is 5.89. The van der Waals surface area contributed by atoms with Gasteiger partial charge in [0.25, 0.3) is 5.91 Å². The van der Waals surface area contributed by atoms with Gasteiger partial charge in [0.05, 0.1) is 12.5 Å². The Labute approximate surface area is 118 Å². The second-order valence-corrected chi connectivity index (χ2v) is 4.08. The Balaban J connectivity index is 2.35. The first-order valence-corrected chi connectivity index (χ1v) is 6.14. The number of carbonyl (C=O) groups is 2. The molecule has 0 aliphatic carbocycles. The topological polar surface area (TPSA) is 70.4 Å². The van der Waals surface area contributed by atoms with Gasteiger partial charge in [-0.3, -0.25) is 4.79 Å². The van der Waals surface area contributed by atoms with Gasteiger partial charge in [-0.25, -0.2) is 4.79 Å². The summed E-state index contributed by atoms with van der Waals surface area (Å²) in [4.78, 5) is 24.3. The Hall–Kier alpha value is -2.61. The summed E-state index contributed by atoms with van der Waals surface area (Å²) in [6.07, 6.45) is 3.15. The Bertz CT molecular complexity index is 518. The number of nitrogens with zero attached hydrogens (tertiary/aromatic N) is 2. The van der Waals surface area contributed by atoms with Gasteiger partial charge in [0.1, 0.15) is 0 Å². The van der Waals surface area contributed by atoms with E-state index in [4.69, 9.17) is 10.00 Å². The summed E-state index contributed by atoms with van der Waals surface area (Å²) >= 11 is 0. The molecule has 5 nitrogen and oxygen atoms in total. The third-order valence-electron chi connectivity index (χ3n) is 2.53. The summed E-state index contributed by atoms with van der Waals surface area (Å²) in [7, 11) is 1.56. The molecule has 0 spiro atoms. The second-order valence-electron chi connectivity index (χ2n) is 4.08. The molecular weight excluding hydrogens is 256 g/mol. The van der Waals surface area contributed by atoms with E-state index < -0.39 is 5.97 Å². The quantitative estimate of drug-likeness (QED) is 0.582. The van der Waals surface area contributed by atoms with Gasteiger partial charge in [-0.15, -0.1) is 0 Å². The van der Waals surface area contributed by atoms with Crippen LogP contribution in [0.25, 0.3) is 6.08 Å². The maximum atomic E-state index is 11.5. The van der Waals surface area contributed by atoms with Gasteiger partial charge in [0.2, 0.25) is 0 Å². The molecule has 0 atom stereocenters. The van der Waals surface area contributed by atoms with Gasteiger partial charge >= 0.3 is 5.97 Å². The van der Waals surface area contributed by atoms with E-state index in [-0.39, 0.29) is 18.9 Å². The van der Waals surface area contributed by atoms with Crippen molar-refractivity contribution in [2.75, 3.05) is 20.2 Å². The number of likely N-dealkylation sites (N-methyl/N-ethyl adjacent to an activating group) is 1. The zero-order valence-corrected chi connectivity index (χ0v) is 11.3. The Kier molecular flexibility index (Phi) is 6.55. The number of nitriles is 1. The number of benzene rings is 1. The standard InChI is InChI=1S/C15H16N2O3/c1-17(11-5-10-16)14(18)12-20-15(19)9-8-13-6-3-2-4-7-13/h2-4,6-9H,5,11-12H2,1H3/b9-8+. The predicted molar refractivity (Wildman–Crippen MR) is 74.3 cm³/mol. The van der Waals surface area contributed by atoms with Crippen LogP contribution in [0.4, 0.5) is 0 Å². The Morgan fingerprint density at radius 2 is 2.05 bits per heavy atom. The third-order valence-corrected chi connectivity index (χ3v) is 2.53. The minimum Gasteiger partial charge on any atom is -0.452 e. The molecule has 104 valence electrons. The first kappa shape index (κ1) is 15.4. The van der Waals surface area contributed by atoms with Crippen LogP contribution in [0.3, 0.4) is 0 Å². The van der Waals surface area contributed by atoms with Crippen LogP contribution in [-0.4, -0.2) is 37.0 Å². The maximum absolute atomic E-state index is 11.5. The summed E-state index contributed by atoms with van der Waals surface area (Å²) in [5.74, 6) is -0.905. The first-order chi connectivity index (χ1) is 9.63. The minimum absolute atomic E-state index is 0.254. The maximum Gasteiger partial charge on any atom is 0.331 e. The number of hydrogen-bond donors (Lipinski definition) is 0. The first-order valence-electron chi connectivity index (χ1n) is 6.14. The van der Waals surface area contributed by atoms with Crippen molar-refractivity contribution in [3.8, 4) is 6.07 Å². The summed E-state index contributed by atoms with van der Waals surface area (Å²) in [6, 6.07) is 11.2. The lowest BCUT2D eigenvalue weighted by Crippen LogP contribution is -2.31. The predicted octanol–water partition coefficient (Wildman–Crippen LogP) is 1.62. The van der Waals surface area contributed by atoms with Gasteiger partial charge in [-0.1, -0.05) is 30.3 Å². The summed E-state index contributed by atoms with van der Waals surface area (Å²) in [5, 5.41) is 8.41. The van der Waals surface area contributed by atoms with Crippen molar-refractivity contribution in [3.05, 3.63) is 42.0 Å². The van der Waals surface area contributed by atoms with Crippen LogP contribution in [0.15, 0.2) is 36.4 Å². The number of rotatable bonds is 6. The summed E-state index contributed by atoms with van der Waals surface area (Å²) in [6.45, 7) is 0.00658. The van der Waals surface area contributed by atoms with Crippen LogP contribution < -0.4 is 0 Å². The molecule has 0 aliphatic rings. The average molecular weight is 272 g/mol. The number of hydrogen-bond acceptors (Lipinski definition) is 4. The van der Waals surface area contributed by atoms with Crippen LogP contribution >= 0.6 is 0 Å². The fourth-order valence-corrected chi connectivity index (χ4v) is 1.36. The number of ether oxygens (including phenoxy) is 1. The fourth-order valence-electron chi connectivity index (χ4n) is 1.36. The van der Waals surface area contributed by atoms with E-state index in [9.17, 15) is 9.59 Å². The lowest BCUT2D eigenvalue weighted by Gasteiger charge is -2.14. The zero-order valence-electron chi connectivity index (χ0n) is 11.3. The van der Waals surface area contributed by atoms with Gasteiger partial charge in [-0.2, -0.15) is 5.26 Å². The van der Waals surface area contributed by atoms with E-state index in [1.807, 2.05) is 36.4 Å². The molecule has 0 saturated carbocycles. The van der Waals surface area contributed by atoms with E-state index in [1.54, 1.807) is 13.1 Å². The smallest absolute Gasteiger partial charge is 0.331 e. The van der Waals surface area contributed by atoms with Crippen LogP contribution in [0.5, 0.6) is 0 Å². The molecule has 0 heterocycles. The van der Waals surface area contributed by atoms with Gasteiger partial charge in [0, 0.05) is 19.7 Å². The molecule has 0 radical (unpaired) electrons. The van der Waals surface area contributed by atoms with Crippen molar-refractivity contribution in [3.63, 3.8) is 0 Å². The minimum atomic E-state index is -0.573. The van der Waals surface area contributed by atoms with E-state index >= 15 is 0 Å². The molecule has 20 heavy (non-hydrogen) atoms. The number of amides is 1. The molecule has 0 aliphatic heterocycles. The van der Waals surface area contributed by atoms with Crippen molar-refractivity contribution in [2.24, 2.45) is 0 Å². The van der Waals surface area contributed by atoms with E-state index in [0.717, 1.165) is 5.56 Å². The van der Waals surface area contributed by atoms with Crippen LogP contribution in [0, 0.1) is 11.3 Å². The summed E-state index contributed by atoms with van der Waals surface area (Å²) < 4.78 is 4.83. The second kappa shape index (κ2) is 8.48. The Morgan fingerprint density at radius 1 is 1.35 bits per heavy atom. The van der Waals surface area contributed by atoms with Crippen molar-refractivity contribution < 1.29 is 14.3 Å². The molecule has 0 saturated heterocycles.